The zero-order chi connectivity index (χ0) is 11.6. The standard InChI is InChI=1S/C12H16N2O2/c1-12(8-15,9-2-3-9)14-7-11-5-4-10(6-13)16-11/h4-5,9,14-15H,2-3,7-8H2,1H3. The van der Waals surface area contributed by atoms with Crippen molar-refractivity contribution in [3.8, 4) is 6.07 Å². The zero-order valence-corrected chi connectivity index (χ0v) is 9.36. The van der Waals surface area contributed by atoms with Crippen LogP contribution >= 0.6 is 0 Å². The highest BCUT2D eigenvalue weighted by Gasteiger charge is 2.40. The van der Waals surface area contributed by atoms with Gasteiger partial charge in [0.25, 0.3) is 0 Å². The lowest BCUT2D eigenvalue weighted by Gasteiger charge is -2.28. The average molecular weight is 220 g/mol. The Kier molecular flexibility index (Phi) is 2.99. The monoisotopic (exact) mass is 220 g/mol. The van der Waals surface area contributed by atoms with Gasteiger partial charge in [-0.05, 0) is 37.8 Å². The Bertz CT molecular complexity index is 403. The molecule has 1 fully saturated rings. The van der Waals surface area contributed by atoms with Crippen LogP contribution in [0, 0.1) is 17.2 Å². The number of nitriles is 1. The van der Waals surface area contributed by atoms with Gasteiger partial charge in [0, 0.05) is 5.54 Å². The van der Waals surface area contributed by atoms with Crippen LogP contribution in [0.25, 0.3) is 0 Å². The molecule has 0 saturated heterocycles. The molecule has 2 N–H and O–H groups in total. The molecular formula is C12H16N2O2. The summed E-state index contributed by atoms with van der Waals surface area (Å²) >= 11 is 0. The van der Waals surface area contributed by atoms with E-state index in [0.717, 1.165) is 5.76 Å². The number of hydrogen-bond donors (Lipinski definition) is 2. The number of nitrogens with one attached hydrogen (secondary N) is 1. The Hall–Kier alpha value is -1.31. The number of aliphatic hydroxyl groups excluding tert-OH is 1. The van der Waals surface area contributed by atoms with Crippen LogP contribution < -0.4 is 5.32 Å². The maximum absolute atomic E-state index is 9.38. The molecule has 86 valence electrons. The van der Waals surface area contributed by atoms with Crippen LogP contribution in [0.1, 0.15) is 31.3 Å². The third-order valence-corrected chi connectivity index (χ3v) is 3.25. The van der Waals surface area contributed by atoms with Crippen LogP contribution in [-0.2, 0) is 6.54 Å². The molecule has 1 aromatic rings. The lowest BCUT2D eigenvalue weighted by atomic mass is 9.97. The summed E-state index contributed by atoms with van der Waals surface area (Å²) in [6, 6.07) is 5.39. The Labute approximate surface area is 94.9 Å². The van der Waals surface area contributed by atoms with Crippen LogP contribution in [0.2, 0.25) is 0 Å². The van der Waals surface area contributed by atoms with E-state index < -0.39 is 0 Å². The van der Waals surface area contributed by atoms with Crippen molar-refractivity contribution in [3.63, 3.8) is 0 Å². The van der Waals surface area contributed by atoms with Crippen LogP contribution in [0.15, 0.2) is 16.5 Å². The first-order chi connectivity index (χ1) is 7.68. The van der Waals surface area contributed by atoms with Crippen molar-refractivity contribution in [2.24, 2.45) is 5.92 Å². The van der Waals surface area contributed by atoms with Gasteiger partial charge in [-0.1, -0.05) is 0 Å². The fourth-order valence-corrected chi connectivity index (χ4v) is 1.87. The maximum Gasteiger partial charge on any atom is 0.203 e. The van der Waals surface area contributed by atoms with Crippen molar-refractivity contribution >= 4 is 0 Å². The summed E-state index contributed by atoms with van der Waals surface area (Å²) in [6.45, 7) is 2.71. The second kappa shape index (κ2) is 4.28. The molecule has 1 heterocycles. The van der Waals surface area contributed by atoms with E-state index in [1.165, 1.54) is 12.8 Å². The number of nitrogens with zero attached hydrogens (tertiary/aromatic N) is 1. The lowest BCUT2D eigenvalue weighted by Crippen LogP contribution is -2.47. The summed E-state index contributed by atoms with van der Waals surface area (Å²) in [5.41, 5.74) is -0.223. The van der Waals surface area contributed by atoms with Crippen molar-refractivity contribution in [2.75, 3.05) is 6.61 Å². The Morgan fingerprint density at radius 2 is 2.38 bits per heavy atom. The average Bonchev–Trinajstić information content (AvgIpc) is 3.06. The molecule has 0 aromatic carbocycles. The Morgan fingerprint density at radius 1 is 1.62 bits per heavy atom. The molecule has 1 saturated carbocycles. The van der Waals surface area contributed by atoms with Gasteiger partial charge in [-0.2, -0.15) is 5.26 Å². The highest BCUT2D eigenvalue weighted by atomic mass is 16.3. The zero-order valence-electron chi connectivity index (χ0n) is 9.36. The van der Waals surface area contributed by atoms with E-state index in [1.54, 1.807) is 12.1 Å². The first-order valence-electron chi connectivity index (χ1n) is 5.52. The van der Waals surface area contributed by atoms with E-state index in [2.05, 4.69) is 5.32 Å². The molecule has 0 bridgehead atoms. The molecule has 1 aromatic heterocycles. The molecule has 4 nitrogen and oxygen atoms in total. The summed E-state index contributed by atoms with van der Waals surface area (Å²) in [4.78, 5) is 0. The van der Waals surface area contributed by atoms with Gasteiger partial charge >= 0.3 is 0 Å². The SMILES string of the molecule is CC(CO)(NCc1ccc(C#N)o1)C1CC1. The van der Waals surface area contributed by atoms with E-state index in [4.69, 9.17) is 9.68 Å². The minimum Gasteiger partial charge on any atom is -0.449 e. The molecule has 1 unspecified atom stereocenters. The Morgan fingerprint density at radius 3 is 2.88 bits per heavy atom. The fourth-order valence-electron chi connectivity index (χ4n) is 1.87. The second-order valence-electron chi connectivity index (χ2n) is 4.58. The molecule has 4 heteroatoms. The molecule has 0 amide bonds. The molecule has 1 atom stereocenters. The minimum atomic E-state index is -0.223. The first kappa shape index (κ1) is 11.2. The number of furan rings is 1. The topological polar surface area (TPSA) is 69.2 Å². The van der Waals surface area contributed by atoms with Crippen LogP contribution in [-0.4, -0.2) is 17.3 Å². The van der Waals surface area contributed by atoms with Crippen molar-refractivity contribution in [1.29, 1.82) is 5.26 Å². The summed E-state index contributed by atoms with van der Waals surface area (Å²) in [5.74, 6) is 1.62. The van der Waals surface area contributed by atoms with Gasteiger partial charge in [0.15, 0.2) is 0 Å². The predicted molar refractivity (Wildman–Crippen MR) is 58.5 cm³/mol. The van der Waals surface area contributed by atoms with Crippen molar-refractivity contribution in [3.05, 3.63) is 23.7 Å². The van der Waals surface area contributed by atoms with Crippen LogP contribution in [0.3, 0.4) is 0 Å². The summed E-state index contributed by atoms with van der Waals surface area (Å²) in [6.07, 6.45) is 2.34. The van der Waals surface area contributed by atoms with Crippen LogP contribution in [0.4, 0.5) is 0 Å². The summed E-state index contributed by atoms with van der Waals surface area (Å²) in [5, 5.41) is 21.3. The van der Waals surface area contributed by atoms with Crippen LogP contribution in [0.5, 0.6) is 0 Å². The maximum atomic E-state index is 9.38. The molecule has 16 heavy (non-hydrogen) atoms. The van der Waals surface area contributed by atoms with Crippen molar-refractivity contribution < 1.29 is 9.52 Å². The van der Waals surface area contributed by atoms with E-state index in [-0.39, 0.29) is 12.1 Å². The van der Waals surface area contributed by atoms with Gasteiger partial charge in [0.05, 0.1) is 13.2 Å². The fraction of sp³-hybridized carbons (Fsp3) is 0.583. The molecular weight excluding hydrogens is 204 g/mol. The van der Waals surface area contributed by atoms with Gasteiger partial charge in [0.1, 0.15) is 11.8 Å². The number of aliphatic hydroxyl groups is 1. The minimum absolute atomic E-state index is 0.128. The molecule has 0 spiro atoms. The largest absolute Gasteiger partial charge is 0.449 e. The van der Waals surface area contributed by atoms with E-state index in [9.17, 15) is 5.11 Å². The van der Waals surface area contributed by atoms with Gasteiger partial charge in [-0.15, -0.1) is 0 Å². The second-order valence-corrected chi connectivity index (χ2v) is 4.58. The normalized spacial score (nSPS) is 19.1. The van der Waals surface area contributed by atoms with Crippen molar-refractivity contribution in [2.45, 2.75) is 31.8 Å². The molecule has 1 aliphatic carbocycles. The Balaban J connectivity index is 1.93. The molecule has 0 radical (unpaired) electrons. The van der Waals surface area contributed by atoms with Crippen molar-refractivity contribution in [1.82, 2.24) is 5.32 Å². The van der Waals surface area contributed by atoms with Gasteiger partial charge in [-0.25, -0.2) is 0 Å². The molecule has 1 aliphatic rings. The molecule has 2 rings (SSSR count). The van der Waals surface area contributed by atoms with Gasteiger partial charge < -0.3 is 14.8 Å². The smallest absolute Gasteiger partial charge is 0.203 e. The van der Waals surface area contributed by atoms with E-state index in [1.807, 2.05) is 13.0 Å². The van der Waals surface area contributed by atoms with Gasteiger partial charge in [-0.3, -0.25) is 0 Å². The first-order valence-corrected chi connectivity index (χ1v) is 5.52. The summed E-state index contributed by atoms with van der Waals surface area (Å²) < 4.78 is 5.27. The predicted octanol–water partition coefficient (Wildman–Crippen LogP) is 1.40. The number of hydrogen-bond acceptors (Lipinski definition) is 4. The lowest BCUT2D eigenvalue weighted by molar-refractivity contribution is 0.151. The summed E-state index contributed by atoms with van der Waals surface area (Å²) in [7, 11) is 0. The van der Waals surface area contributed by atoms with Gasteiger partial charge in [0.2, 0.25) is 5.76 Å². The van der Waals surface area contributed by atoms with E-state index >= 15 is 0 Å². The molecule has 0 aliphatic heterocycles. The quantitative estimate of drug-likeness (QED) is 0.787. The van der Waals surface area contributed by atoms with E-state index in [0.29, 0.717) is 18.2 Å². The third-order valence-electron chi connectivity index (χ3n) is 3.25. The highest BCUT2D eigenvalue weighted by molar-refractivity contribution is 5.19. The third kappa shape index (κ3) is 2.26. The highest BCUT2D eigenvalue weighted by Crippen LogP contribution is 2.39. The number of rotatable bonds is 5.